The molecule has 2 N–H and O–H groups in total. The second-order valence-electron chi connectivity index (χ2n) is 6.01. The van der Waals surface area contributed by atoms with Crippen molar-refractivity contribution in [1.82, 2.24) is 5.32 Å². The van der Waals surface area contributed by atoms with Crippen molar-refractivity contribution in [3.63, 3.8) is 0 Å². The first-order valence-corrected chi connectivity index (χ1v) is 7.56. The zero-order valence-corrected chi connectivity index (χ0v) is 13.5. The molecule has 0 aliphatic heterocycles. The summed E-state index contributed by atoms with van der Waals surface area (Å²) in [5, 5.41) is 13.3. The van der Waals surface area contributed by atoms with E-state index in [1.54, 1.807) is 18.2 Å². The minimum absolute atomic E-state index is 0.149. The number of aromatic carboxylic acids is 1. The fraction of sp³-hybridized carbons (Fsp3) is 0.278. The van der Waals surface area contributed by atoms with Gasteiger partial charge in [-0.05, 0) is 49.6 Å². The number of hydrogen-bond acceptors (Lipinski definition) is 2. The molecule has 22 heavy (non-hydrogen) atoms. The van der Waals surface area contributed by atoms with E-state index >= 15 is 0 Å². The van der Waals surface area contributed by atoms with Crippen LogP contribution in [-0.4, -0.2) is 16.6 Å². The monoisotopic (exact) mass is 317 g/mol. The Morgan fingerprint density at radius 1 is 1.18 bits per heavy atom. The Balaban J connectivity index is 2.02. The molecule has 116 valence electrons. The van der Waals surface area contributed by atoms with Gasteiger partial charge in [0.25, 0.3) is 0 Å². The molecule has 2 aromatic carbocycles. The number of nitrogens with one attached hydrogen (secondary N) is 1. The summed E-state index contributed by atoms with van der Waals surface area (Å²) in [5.74, 6) is -0.905. The molecule has 0 bridgehead atoms. The number of rotatable bonds is 6. The molecule has 0 saturated carbocycles. The van der Waals surface area contributed by atoms with Gasteiger partial charge in [0.05, 0.1) is 5.56 Å². The van der Waals surface area contributed by atoms with Crippen molar-refractivity contribution >= 4 is 17.6 Å². The zero-order valence-electron chi connectivity index (χ0n) is 12.8. The highest BCUT2D eigenvalue weighted by molar-refractivity contribution is 6.31. The molecule has 0 atom stereocenters. The van der Waals surface area contributed by atoms with Crippen LogP contribution in [0.3, 0.4) is 0 Å². The van der Waals surface area contributed by atoms with E-state index in [1.807, 2.05) is 30.3 Å². The topological polar surface area (TPSA) is 49.3 Å². The van der Waals surface area contributed by atoms with E-state index in [2.05, 4.69) is 19.2 Å². The SMILES string of the molecule is CC(C)(Cc1ccccc1Cl)NCc1cccc(C(=O)O)c1. The quantitative estimate of drug-likeness (QED) is 0.841. The highest BCUT2D eigenvalue weighted by Crippen LogP contribution is 2.21. The van der Waals surface area contributed by atoms with E-state index in [-0.39, 0.29) is 5.54 Å². The van der Waals surface area contributed by atoms with Crippen LogP contribution < -0.4 is 5.32 Å². The molecule has 0 aliphatic rings. The van der Waals surface area contributed by atoms with Crippen LogP contribution in [0.25, 0.3) is 0 Å². The molecule has 4 heteroatoms. The molecular formula is C18H20ClNO2. The summed E-state index contributed by atoms with van der Waals surface area (Å²) in [5.41, 5.74) is 2.21. The van der Waals surface area contributed by atoms with E-state index in [4.69, 9.17) is 16.7 Å². The van der Waals surface area contributed by atoms with Crippen LogP contribution in [-0.2, 0) is 13.0 Å². The maximum absolute atomic E-state index is 11.0. The number of benzene rings is 2. The standard InChI is InChI=1S/C18H20ClNO2/c1-18(2,11-15-7-3-4-9-16(15)19)20-12-13-6-5-8-14(10-13)17(21)22/h3-10,20H,11-12H2,1-2H3,(H,21,22). The van der Waals surface area contributed by atoms with Gasteiger partial charge in [-0.25, -0.2) is 4.79 Å². The van der Waals surface area contributed by atoms with Crippen LogP contribution >= 0.6 is 11.6 Å². The first-order chi connectivity index (χ1) is 10.4. The van der Waals surface area contributed by atoms with Gasteiger partial charge in [0.15, 0.2) is 0 Å². The summed E-state index contributed by atoms with van der Waals surface area (Å²) >= 11 is 6.21. The van der Waals surface area contributed by atoms with E-state index in [9.17, 15) is 4.79 Å². The molecule has 0 heterocycles. The maximum atomic E-state index is 11.0. The number of carboxylic acid groups (broad SMARTS) is 1. The van der Waals surface area contributed by atoms with E-state index in [0.29, 0.717) is 12.1 Å². The lowest BCUT2D eigenvalue weighted by Crippen LogP contribution is -2.40. The molecule has 0 unspecified atom stereocenters. The first kappa shape index (κ1) is 16.5. The van der Waals surface area contributed by atoms with Gasteiger partial charge in [0.1, 0.15) is 0 Å². The fourth-order valence-corrected chi connectivity index (χ4v) is 2.54. The first-order valence-electron chi connectivity index (χ1n) is 7.18. The van der Waals surface area contributed by atoms with Crippen LogP contribution in [0.1, 0.15) is 35.3 Å². The van der Waals surface area contributed by atoms with Gasteiger partial charge >= 0.3 is 5.97 Å². The summed E-state index contributed by atoms with van der Waals surface area (Å²) in [7, 11) is 0. The van der Waals surface area contributed by atoms with Gasteiger partial charge in [-0.2, -0.15) is 0 Å². The molecule has 0 aliphatic carbocycles. The molecular weight excluding hydrogens is 298 g/mol. The molecule has 0 fully saturated rings. The average Bonchev–Trinajstić information content (AvgIpc) is 2.48. The van der Waals surface area contributed by atoms with Gasteiger partial charge in [-0.1, -0.05) is 41.9 Å². The highest BCUT2D eigenvalue weighted by Gasteiger charge is 2.19. The minimum atomic E-state index is -0.905. The Kier molecular flexibility index (Phi) is 5.22. The second kappa shape index (κ2) is 6.95. The van der Waals surface area contributed by atoms with Crippen LogP contribution in [0.15, 0.2) is 48.5 Å². The predicted molar refractivity (Wildman–Crippen MR) is 89.5 cm³/mol. The average molecular weight is 318 g/mol. The normalized spacial score (nSPS) is 11.4. The minimum Gasteiger partial charge on any atom is -0.478 e. The van der Waals surface area contributed by atoms with Crippen molar-refractivity contribution in [2.75, 3.05) is 0 Å². The van der Waals surface area contributed by atoms with Crippen LogP contribution in [0.4, 0.5) is 0 Å². The second-order valence-corrected chi connectivity index (χ2v) is 6.42. The maximum Gasteiger partial charge on any atom is 0.335 e. The Morgan fingerprint density at radius 3 is 2.59 bits per heavy atom. The van der Waals surface area contributed by atoms with Gasteiger partial charge in [0.2, 0.25) is 0 Å². The summed E-state index contributed by atoms with van der Waals surface area (Å²) in [6, 6.07) is 14.8. The molecule has 2 aromatic rings. The smallest absolute Gasteiger partial charge is 0.335 e. The van der Waals surface area contributed by atoms with Crippen molar-refractivity contribution in [2.24, 2.45) is 0 Å². The highest BCUT2D eigenvalue weighted by atomic mass is 35.5. The van der Waals surface area contributed by atoms with Crippen molar-refractivity contribution < 1.29 is 9.90 Å². The van der Waals surface area contributed by atoms with E-state index in [0.717, 1.165) is 22.6 Å². The van der Waals surface area contributed by atoms with E-state index < -0.39 is 5.97 Å². The van der Waals surface area contributed by atoms with Crippen LogP contribution in [0.5, 0.6) is 0 Å². The van der Waals surface area contributed by atoms with Crippen molar-refractivity contribution in [3.8, 4) is 0 Å². The Bertz CT molecular complexity index is 668. The number of hydrogen-bond donors (Lipinski definition) is 2. The van der Waals surface area contributed by atoms with Gasteiger partial charge in [-0.3, -0.25) is 0 Å². The van der Waals surface area contributed by atoms with Gasteiger partial charge in [-0.15, -0.1) is 0 Å². The largest absolute Gasteiger partial charge is 0.478 e. The Morgan fingerprint density at radius 2 is 1.91 bits per heavy atom. The molecule has 0 aromatic heterocycles. The molecule has 3 nitrogen and oxygen atoms in total. The molecule has 0 spiro atoms. The third kappa shape index (κ3) is 4.58. The molecule has 0 amide bonds. The van der Waals surface area contributed by atoms with Crippen LogP contribution in [0.2, 0.25) is 5.02 Å². The Labute approximate surface area is 135 Å². The number of halogens is 1. The zero-order chi connectivity index (χ0) is 16.2. The Hall–Kier alpha value is -1.84. The van der Waals surface area contributed by atoms with Crippen molar-refractivity contribution in [2.45, 2.75) is 32.4 Å². The lowest BCUT2D eigenvalue weighted by molar-refractivity contribution is 0.0696. The third-order valence-corrected chi connectivity index (χ3v) is 3.90. The summed E-state index contributed by atoms with van der Waals surface area (Å²) < 4.78 is 0. The lowest BCUT2D eigenvalue weighted by atomic mass is 9.94. The molecule has 0 saturated heterocycles. The predicted octanol–water partition coefficient (Wildman–Crippen LogP) is 4.15. The van der Waals surface area contributed by atoms with Crippen molar-refractivity contribution in [1.29, 1.82) is 0 Å². The summed E-state index contributed by atoms with van der Waals surface area (Å²) in [6.07, 6.45) is 0.797. The van der Waals surface area contributed by atoms with Gasteiger partial charge < -0.3 is 10.4 Å². The summed E-state index contributed by atoms with van der Waals surface area (Å²) in [6.45, 7) is 4.83. The number of carbonyl (C=O) groups is 1. The lowest BCUT2D eigenvalue weighted by Gasteiger charge is -2.27. The molecule has 0 radical (unpaired) electrons. The third-order valence-electron chi connectivity index (χ3n) is 3.54. The molecule has 2 rings (SSSR count). The van der Waals surface area contributed by atoms with Crippen LogP contribution in [0, 0.1) is 0 Å². The van der Waals surface area contributed by atoms with Gasteiger partial charge in [0, 0.05) is 17.1 Å². The number of carboxylic acids is 1. The fourth-order valence-electron chi connectivity index (χ4n) is 2.34. The van der Waals surface area contributed by atoms with Crippen molar-refractivity contribution in [3.05, 3.63) is 70.2 Å². The van der Waals surface area contributed by atoms with E-state index in [1.165, 1.54) is 0 Å². The summed E-state index contributed by atoms with van der Waals surface area (Å²) in [4.78, 5) is 11.0.